The van der Waals surface area contributed by atoms with E-state index in [2.05, 4.69) is 10.6 Å². The van der Waals surface area contributed by atoms with Crippen LogP contribution in [0.3, 0.4) is 0 Å². The van der Waals surface area contributed by atoms with Gasteiger partial charge >= 0.3 is 5.91 Å². The molecule has 1 heterocycles. The predicted molar refractivity (Wildman–Crippen MR) is 101 cm³/mol. The van der Waals surface area contributed by atoms with Gasteiger partial charge in [0.25, 0.3) is 5.91 Å². The van der Waals surface area contributed by atoms with Crippen LogP contribution in [0.5, 0.6) is 0 Å². The van der Waals surface area contributed by atoms with Gasteiger partial charge in [-0.15, -0.1) is 0 Å². The van der Waals surface area contributed by atoms with Gasteiger partial charge in [0, 0.05) is 25.9 Å². The lowest BCUT2D eigenvalue weighted by Gasteiger charge is -2.22. The summed E-state index contributed by atoms with van der Waals surface area (Å²) in [5.74, 6) is -0.592. The number of hydrogen-bond donors (Lipinski definition) is 5. The summed E-state index contributed by atoms with van der Waals surface area (Å²) >= 11 is 0. The van der Waals surface area contributed by atoms with Gasteiger partial charge < -0.3 is 22.1 Å². The number of carbonyl (C=O) groups is 3. The van der Waals surface area contributed by atoms with Crippen molar-refractivity contribution < 1.29 is 19.3 Å². The van der Waals surface area contributed by atoms with Gasteiger partial charge in [0.05, 0.1) is 13.0 Å². The molecule has 8 nitrogen and oxygen atoms in total. The summed E-state index contributed by atoms with van der Waals surface area (Å²) in [5.41, 5.74) is 12.0. The second kappa shape index (κ2) is 10.8. The largest absolute Gasteiger partial charge is 0.350 e. The molecule has 148 valence electrons. The Hall–Kier alpha value is -2.29. The highest BCUT2D eigenvalue weighted by Crippen LogP contribution is 2.03. The van der Waals surface area contributed by atoms with Crippen LogP contribution in [-0.2, 0) is 20.9 Å². The predicted octanol–water partition coefficient (Wildman–Crippen LogP) is -1.94. The Morgan fingerprint density at radius 2 is 1.89 bits per heavy atom. The van der Waals surface area contributed by atoms with Gasteiger partial charge in [-0.3, -0.25) is 14.5 Å². The fourth-order valence-electron chi connectivity index (χ4n) is 3.38. The molecule has 0 aromatic heterocycles. The van der Waals surface area contributed by atoms with Gasteiger partial charge in [0.1, 0.15) is 6.04 Å². The molecule has 3 atom stereocenters. The van der Waals surface area contributed by atoms with Crippen molar-refractivity contribution in [3.63, 3.8) is 0 Å². The maximum Gasteiger partial charge on any atom is 0.313 e. The summed E-state index contributed by atoms with van der Waals surface area (Å²) in [5, 5.41) is 5.62. The minimum Gasteiger partial charge on any atom is -0.350 e. The number of amides is 3. The molecule has 1 fully saturated rings. The highest BCUT2D eigenvalue weighted by molar-refractivity contribution is 5.90. The first kappa shape index (κ1) is 21.0. The van der Waals surface area contributed by atoms with Crippen LogP contribution in [0.2, 0.25) is 0 Å². The summed E-state index contributed by atoms with van der Waals surface area (Å²) in [6.45, 7) is 1.55. The smallest absolute Gasteiger partial charge is 0.313 e. The first-order valence-corrected chi connectivity index (χ1v) is 9.47. The van der Waals surface area contributed by atoms with Crippen molar-refractivity contribution >= 4 is 17.7 Å². The number of benzene rings is 1. The molecule has 1 aromatic carbocycles. The first-order valence-electron chi connectivity index (χ1n) is 9.47. The zero-order valence-corrected chi connectivity index (χ0v) is 15.6. The average molecular weight is 376 g/mol. The van der Waals surface area contributed by atoms with Crippen LogP contribution < -0.4 is 27.0 Å². The molecular weight excluding hydrogens is 346 g/mol. The van der Waals surface area contributed by atoms with Gasteiger partial charge in [-0.25, -0.2) is 4.79 Å². The van der Waals surface area contributed by atoms with Gasteiger partial charge in [0.15, 0.2) is 6.04 Å². The number of nitrogens with one attached hydrogen (secondary N) is 3. The third-order valence-electron chi connectivity index (χ3n) is 4.80. The lowest BCUT2D eigenvalue weighted by molar-refractivity contribution is -0.823. The molecule has 1 aromatic rings. The third kappa shape index (κ3) is 6.13. The van der Waals surface area contributed by atoms with Crippen LogP contribution in [0.1, 0.15) is 31.2 Å². The lowest BCUT2D eigenvalue weighted by atomic mass is 10.1. The Bertz CT molecular complexity index is 637. The van der Waals surface area contributed by atoms with E-state index in [1.807, 2.05) is 30.3 Å². The van der Waals surface area contributed by atoms with E-state index in [0.717, 1.165) is 12.0 Å². The highest BCUT2D eigenvalue weighted by Gasteiger charge is 2.40. The highest BCUT2D eigenvalue weighted by atomic mass is 16.2. The molecule has 1 saturated heterocycles. The first-order chi connectivity index (χ1) is 13.1. The molecule has 0 saturated carbocycles. The van der Waals surface area contributed by atoms with E-state index in [4.69, 9.17) is 11.5 Å². The van der Waals surface area contributed by atoms with Crippen molar-refractivity contribution in [3.8, 4) is 0 Å². The van der Waals surface area contributed by atoms with E-state index >= 15 is 0 Å². The van der Waals surface area contributed by atoms with Crippen molar-refractivity contribution in [1.82, 2.24) is 10.6 Å². The van der Waals surface area contributed by atoms with Crippen LogP contribution in [0, 0.1) is 0 Å². The van der Waals surface area contributed by atoms with E-state index < -0.39 is 12.1 Å². The molecule has 0 spiro atoms. The molecule has 1 aliphatic rings. The van der Waals surface area contributed by atoms with Crippen LogP contribution in [0.25, 0.3) is 0 Å². The summed E-state index contributed by atoms with van der Waals surface area (Å²) in [7, 11) is 0. The summed E-state index contributed by atoms with van der Waals surface area (Å²) in [4.78, 5) is 38.0. The van der Waals surface area contributed by atoms with Crippen molar-refractivity contribution in [2.45, 2.75) is 44.3 Å². The Kier molecular flexibility index (Phi) is 8.38. The molecule has 8 heteroatoms. The minimum atomic E-state index is -0.710. The van der Waals surface area contributed by atoms with Gasteiger partial charge in [-0.05, 0) is 18.5 Å². The maximum absolute atomic E-state index is 12.7. The number of quaternary nitrogens is 1. The zero-order chi connectivity index (χ0) is 19.6. The van der Waals surface area contributed by atoms with Crippen molar-refractivity contribution in [2.75, 3.05) is 19.6 Å². The Morgan fingerprint density at radius 3 is 2.56 bits per heavy atom. The van der Waals surface area contributed by atoms with E-state index in [-0.39, 0.29) is 37.2 Å². The Morgan fingerprint density at radius 1 is 1.15 bits per heavy atom. The number of carbonyl (C=O) groups excluding carboxylic acids is 3. The maximum atomic E-state index is 12.7. The van der Waals surface area contributed by atoms with Crippen LogP contribution in [0.15, 0.2) is 30.3 Å². The second-order valence-electron chi connectivity index (χ2n) is 6.77. The SMILES string of the molecule is NCCC(=O)[NH+]1CCC[C@H]1C(=O)N[C@@H](CCN)C(=O)NCc1ccccc1. The molecule has 0 aliphatic carbocycles. The Labute approximate surface area is 159 Å². The minimum absolute atomic E-state index is 0.0425. The van der Waals surface area contributed by atoms with Crippen molar-refractivity contribution in [2.24, 2.45) is 11.5 Å². The fraction of sp³-hybridized carbons (Fsp3) is 0.526. The summed E-state index contributed by atoms with van der Waals surface area (Å²) in [6.07, 6.45) is 2.01. The molecule has 2 rings (SSSR count). The lowest BCUT2D eigenvalue weighted by Crippen LogP contribution is -3.17. The normalized spacial score (nSPS) is 20.1. The van der Waals surface area contributed by atoms with Crippen LogP contribution in [0.4, 0.5) is 0 Å². The standard InChI is InChI=1S/C19H29N5O3/c20-10-8-15(18(26)22-13-14-5-2-1-3-6-14)23-19(27)16-7-4-12-24(16)17(25)9-11-21/h1-3,5-6,15-16H,4,7-13,20-21H2,(H,22,26)(H,23,27)/p+1/t15-,16-/m0/s1. The molecule has 0 bridgehead atoms. The molecule has 7 N–H and O–H groups in total. The number of nitrogens with two attached hydrogens (primary N) is 2. The van der Waals surface area contributed by atoms with Crippen LogP contribution >= 0.6 is 0 Å². The quantitative estimate of drug-likeness (QED) is 0.342. The van der Waals surface area contributed by atoms with Gasteiger partial charge in [-0.1, -0.05) is 30.3 Å². The molecule has 1 aliphatic heterocycles. The third-order valence-corrected chi connectivity index (χ3v) is 4.80. The van der Waals surface area contributed by atoms with Gasteiger partial charge in [0.2, 0.25) is 5.91 Å². The number of hydrogen-bond acceptors (Lipinski definition) is 5. The van der Waals surface area contributed by atoms with E-state index in [1.54, 1.807) is 0 Å². The van der Waals surface area contributed by atoms with Gasteiger partial charge in [-0.2, -0.15) is 0 Å². The molecule has 3 amide bonds. The molecular formula is C19H30N5O3+. The zero-order valence-electron chi connectivity index (χ0n) is 15.6. The summed E-state index contributed by atoms with van der Waals surface area (Å²) < 4.78 is 0. The number of rotatable bonds is 9. The second-order valence-corrected chi connectivity index (χ2v) is 6.77. The van der Waals surface area contributed by atoms with E-state index in [9.17, 15) is 14.4 Å². The summed E-state index contributed by atoms with van der Waals surface area (Å²) in [6, 6.07) is 8.36. The van der Waals surface area contributed by atoms with Crippen molar-refractivity contribution in [3.05, 3.63) is 35.9 Å². The van der Waals surface area contributed by atoms with Crippen molar-refractivity contribution in [1.29, 1.82) is 0 Å². The van der Waals surface area contributed by atoms with E-state index in [1.165, 1.54) is 0 Å². The monoisotopic (exact) mass is 376 g/mol. The van der Waals surface area contributed by atoms with E-state index in [0.29, 0.717) is 30.8 Å². The van der Waals surface area contributed by atoms with Crippen LogP contribution in [-0.4, -0.2) is 49.4 Å². The number of likely N-dealkylation sites (tertiary alicyclic amines) is 1. The topological polar surface area (TPSA) is 132 Å². The fourth-order valence-corrected chi connectivity index (χ4v) is 3.38. The molecule has 0 radical (unpaired) electrons. The Balaban J connectivity index is 1.94. The average Bonchev–Trinajstić information content (AvgIpc) is 3.17. The molecule has 1 unspecified atom stereocenters. The molecule has 27 heavy (non-hydrogen) atoms.